The van der Waals surface area contributed by atoms with Gasteiger partial charge in [-0.1, -0.05) is 5.16 Å². The van der Waals surface area contributed by atoms with Crippen molar-refractivity contribution in [1.82, 2.24) is 14.8 Å². The Labute approximate surface area is 172 Å². The third-order valence-electron chi connectivity index (χ3n) is 4.32. The van der Waals surface area contributed by atoms with Crippen molar-refractivity contribution < 1.29 is 19.8 Å². The van der Waals surface area contributed by atoms with Crippen LogP contribution in [0.4, 0.5) is 4.79 Å². The van der Waals surface area contributed by atoms with Gasteiger partial charge < -0.3 is 20.0 Å². The number of amides is 1. The fourth-order valence-electron chi connectivity index (χ4n) is 2.92. The van der Waals surface area contributed by atoms with Gasteiger partial charge in [0.15, 0.2) is 0 Å². The van der Waals surface area contributed by atoms with Crippen LogP contribution in [-0.4, -0.2) is 75.7 Å². The first kappa shape index (κ1) is 24.0. The van der Waals surface area contributed by atoms with Crippen molar-refractivity contribution >= 4 is 24.7 Å². The number of halogens is 1. The van der Waals surface area contributed by atoms with Crippen molar-refractivity contribution in [2.75, 3.05) is 32.7 Å². The molecule has 158 valence electrons. The normalized spacial score (nSPS) is 15.5. The van der Waals surface area contributed by atoms with E-state index in [1.807, 2.05) is 20.8 Å². The number of aromatic hydroxyl groups is 1. The topological polar surface area (TPSA) is 98.5 Å². The van der Waals surface area contributed by atoms with Crippen LogP contribution in [0.5, 0.6) is 5.75 Å². The largest absolute Gasteiger partial charge is 0.506 e. The van der Waals surface area contributed by atoms with Crippen LogP contribution in [0.1, 0.15) is 45.0 Å². The Kier molecular flexibility index (Phi) is 9.48. The molecule has 1 saturated heterocycles. The van der Waals surface area contributed by atoms with E-state index in [1.54, 1.807) is 17.0 Å². The molecule has 0 saturated carbocycles. The van der Waals surface area contributed by atoms with Crippen LogP contribution in [-0.2, 0) is 11.2 Å². The van der Waals surface area contributed by atoms with Crippen LogP contribution in [0.3, 0.4) is 0 Å². The number of rotatable bonds is 6. The third kappa shape index (κ3) is 7.90. The van der Waals surface area contributed by atoms with Gasteiger partial charge in [-0.25, -0.2) is 9.78 Å². The average Bonchev–Trinajstić information content (AvgIpc) is 2.60. The molecule has 1 amide bonds. The van der Waals surface area contributed by atoms with Crippen molar-refractivity contribution in [3.8, 4) is 5.75 Å². The third-order valence-corrected chi connectivity index (χ3v) is 4.32. The van der Waals surface area contributed by atoms with Gasteiger partial charge in [0.2, 0.25) is 0 Å². The first-order valence-corrected chi connectivity index (χ1v) is 9.35. The van der Waals surface area contributed by atoms with Gasteiger partial charge in [0, 0.05) is 31.9 Å². The maximum atomic E-state index is 12.1. The molecule has 1 aliphatic rings. The van der Waals surface area contributed by atoms with Crippen molar-refractivity contribution in [2.24, 2.45) is 5.16 Å². The number of carbonyl (C=O) groups excluding carboxylic acids is 1. The molecule has 8 nitrogen and oxygen atoms in total. The minimum atomic E-state index is -0.459. The van der Waals surface area contributed by atoms with E-state index in [0.29, 0.717) is 13.1 Å². The number of piperazine rings is 1. The Morgan fingerprint density at radius 2 is 1.93 bits per heavy atom. The van der Waals surface area contributed by atoms with E-state index in [9.17, 15) is 9.90 Å². The van der Waals surface area contributed by atoms with Crippen LogP contribution in [0.25, 0.3) is 0 Å². The summed E-state index contributed by atoms with van der Waals surface area (Å²) in [5.74, 6) is -0.000548. The molecule has 28 heavy (non-hydrogen) atoms. The highest BCUT2D eigenvalue weighted by Gasteiger charge is 2.25. The fraction of sp³-hybridized carbons (Fsp3) is 0.632. The first-order valence-electron chi connectivity index (χ1n) is 9.35. The predicted molar refractivity (Wildman–Crippen MR) is 110 cm³/mol. The highest BCUT2D eigenvalue weighted by molar-refractivity contribution is 5.85. The van der Waals surface area contributed by atoms with Crippen LogP contribution in [0.2, 0.25) is 0 Å². The van der Waals surface area contributed by atoms with Gasteiger partial charge in [0.1, 0.15) is 17.0 Å². The molecule has 1 fully saturated rings. The zero-order chi connectivity index (χ0) is 19.9. The zero-order valence-electron chi connectivity index (χ0n) is 16.8. The van der Waals surface area contributed by atoms with Gasteiger partial charge in [0.05, 0.1) is 6.21 Å². The van der Waals surface area contributed by atoms with Crippen LogP contribution < -0.4 is 0 Å². The van der Waals surface area contributed by atoms with E-state index in [1.165, 1.54) is 0 Å². The number of unbranched alkanes of at least 4 members (excludes halogenated alkanes) is 1. The molecular weight excluding hydrogens is 384 g/mol. The summed E-state index contributed by atoms with van der Waals surface area (Å²) in [7, 11) is 0. The molecule has 1 aromatic heterocycles. The molecular formula is C19H31ClN4O4. The maximum Gasteiger partial charge on any atom is 0.410 e. The fourth-order valence-corrected chi connectivity index (χ4v) is 2.92. The summed E-state index contributed by atoms with van der Waals surface area (Å²) in [6.45, 7) is 9.71. The summed E-state index contributed by atoms with van der Waals surface area (Å²) in [6, 6.07) is 3.35. The van der Waals surface area contributed by atoms with Gasteiger partial charge in [0.25, 0.3) is 0 Å². The Bertz CT molecular complexity index is 656. The van der Waals surface area contributed by atoms with E-state index >= 15 is 0 Å². The minimum absolute atomic E-state index is 0. The zero-order valence-corrected chi connectivity index (χ0v) is 17.6. The van der Waals surface area contributed by atoms with Gasteiger partial charge in [-0.3, -0.25) is 4.90 Å². The lowest BCUT2D eigenvalue weighted by atomic mass is 10.1. The van der Waals surface area contributed by atoms with Gasteiger partial charge in [-0.05, 0) is 58.7 Å². The summed E-state index contributed by atoms with van der Waals surface area (Å²) >= 11 is 0. The minimum Gasteiger partial charge on any atom is -0.506 e. The number of aryl methyl sites for hydroxylation is 1. The molecule has 0 aromatic carbocycles. The van der Waals surface area contributed by atoms with Gasteiger partial charge >= 0.3 is 6.09 Å². The highest BCUT2D eigenvalue weighted by atomic mass is 35.5. The van der Waals surface area contributed by atoms with E-state index < -0.39 is 5.60 Å². The highest BCUT2D eigenvalue weighted by Crippen LogP contribution is 2.15. The Balaban J connectivity index is 0.00000392. The second-order valence-corrected chi connectivity index (χ2v) is 7.72. The standard InChI is InChI=1S/C19H30N4O4.ClH/c1-19(2,3)27-18(25)23-12-10-22(11-13-23)9-5-4-6-15-7-8-17(24)16(21-15)14-20-26;/h7-8,14,24,26H,4-6,9-13H2,1-3H3;1H/b20-14+;. The summed E-state index contributed by atoms with van der Waals surface area (Å²) in [5, 5.41) is 21.1. The molecule has 0 unspecified atom stereocenters. The lowest BCUT2D eigenvalue weighted by molar-refractivity contribution is 0.0144. The number of aromatic nitrogens is 1. The number of pyridine rings is 1. The predicted octanol–water partition coefficient (Wildman–Crippen LogP) is 2.89. The summed E-state index contributed by atoms with van der Waals surface area (Å²) in [5.41, 5.74) is 0.671. The Hall–Kier alpha value is -2.06. The maximum absolute atomic E-state index is 12.1. The van der Waals surface area contributed by atoms with E-state index in [2.05, 4.69) is 15.0 Å². The molecule has 2 heterocycles. The molecule has 2 rings (SSSR count). The summed E-state index contributed by atoms with van der Waals surface area (Å²) in [4.78, 5) is 20.5. The van der Waals surface area contributed by atoms with Crippen LogP contribution in [0.15, 0.2) is 17.3 Å². The monoisotopic (exact) mass is 414 g/mol. The number of hydrogen-bond acceptors (Lipinski definition) is 7. The van der Waals surface area contributed by atoms with E-state index in [0.717, 1.165) is 50.8 Å². The number of hydrogen-bond donors (Lipinski definition) is 2. The molecule has 0 radical (unpaired) electrons. The lowest BCUT2D eigenvalue weighted by Gasteiger charge is -2.35. The molecule has 0 bridgehead atoms. The van der Waals surface area contributed by atoms with Crippen LogP contribution >= 0.6 is 12.4 Å². The summed E-state index contributed by atoms with van der Waals surface area (Å²) < 4.78 is 5.41. The van der Waals surface area contributed by atoms with Crippen molar-refractivity contribution in [3.05, 3.63) is 23.5 Å². The molecule has 1 aliphatic heterocycles. The molecule has 0 atom stereocenters. The van der Waals surface area contributed by atoms with Gasteiger partial charge in [-0.2, -0.15) is 0 Å². The second-order valence-electron chi connectivity index (χ2n) is 7.72. The summed E-state index contributed by atoms with van der Waals surface area (Å²) in [6.07, 6.45) is 3.69. The smallest absolute Gasteiger partial charge is 0.410 e. The quantitative estimate of drug-likeness (QED) is 0.321. The number of carbonyl (C=O) groups is 1. The van der Waals surface area contributed by atoms with Crippen LogP contribution in [0, 0.1) is 0 Å². The van der Waals surface area contributed by atoms with Crippen molar-refractivity contribution in [2.45, 2.75) is 45.6 Å². The van der Waals surface area contributed by atoms with E-state index in [4.69, 9.17) is 9.94 Å². The van der Waals surface area contributed by atoms with Crippen molar-refractivity contribution in [3.63, 3.8) is 0 Å². The Morgan fingerprint density at radius 3 is 2.54 bits per heavy atom. The molecule has 2 N–H and O–H groups in total. The second kappa shape index (κ2) is 11.1. The van der Waals surface area contributed by atoms with E-state index in [-0.39, 0.29) is 29.9 Å². The average molecular weight is 415 g/mol. The molecule has 1 aromatic rings. The Morgan fingerprint density at radius 1 is 1.25 bits per heavy atom. The number of nitrogens with zero attached hydrogens (tertiary/aromatic N) is 4. The number of ether oxygens (including phenoxy) is 1. The molecule has 9 heteroatoms. The van der Waals surface area contributed by atoms with Gasteiger partial charge in [-0.15, -0.1) is 12.4 Å². The number of oxime groups is 1. The first-order chi connectivity index (χ1) is 12.8. The molecule has 0 aliphatic carbocycles. The SMILES string of the molecule is CC(C)(C)OC(=O)N1CCN(CCCCc2ccc(O)c(/C=N/O)n2)CC1.Cl. The van der Waals surface area contributed by atoms with Crippen molar-refractivity contribution in [1.29, 1.82) is 0 Å². The molecule has 0 spiro atoms. The lowest BCUT2D eigenvalue weighted by Crippen LogP contribution is -2.50.